The molecule has 0 aliphatic heterocycles. The maximum Gasteiger partial charge on any atom is 0.231 e. The lowest BCUT2D eigenvalue weighted by molar-refractivity contribution is -0.115. The highest BCUT2D eigenvalue weighted by Crippen LogP contribution is 2.28. The molecule has 1 N–H and O–H groups in total. The summed E-state index contributed by atoms with van der Waals surface area (Å²) in [6, 6.07) is 5.19. The second-order valence-electron chi connectivity index (χ2n) is 4.21. The molecule has 0 bridgehead atoms. The molecule has 2 rings (SSSR count). The van der Waals surface area contributed by atoms with Crippen LogP contribution in [0.15, 0.2) is 30.6 Å². The van der Waals surface area contributed by atoms with Gasteiger partial charge in [0.25, 0.3) is 0 Å². The smallest absolute Gasteiger partial charge is 0.231 e. The van der Waals surface area contributed by atoms with Crippen molar-refractivity contribution in [1.82, 2.24) is 9.97 Å². The van der Waals surface area contributed by atoms with Crippen LogP contribution >= 0.6 is 11.6 Å². The predicted molar refractivity (Wildman–Crippen MR) is 77.1 cm³/mol. The van der Waals surface area contributed by atoms with Crippen molar-refractivity contribution in [1.29, 1.82) is 0 Å². The van der Waals surface area contributed by atoms with Crippen molar-refractivity contribution >= 4 is 23.5 Å². The van der Waals surface area contributed by atoms with Crippen molar-refractivity contribution in [2.75, 3.05) is 12.4 Å². The van der Waals surface area contributed by atoms with Gasteiger partial charge in [0.05, 0.1) is 13.5 Å². The molecular formula is C14H14ClN3O2. The summed E-state index contributed by atoms with van der Waals surface area (Å²) >= 11 is 6.01. The molecule has 104 valence electrons. The van der Waals surface area contributed by atoms with Crippen LogP contribution in [0.2, 0.25) is 5.02 Å². The first-order valence-electron chi connectivity index (χ1n) is 6.00. The van der Waals surface area contributed by atoms with Crippen molar-refractivity contribution in [2.45, 2.75) is 13.3 Å². The van der Waals surface area contributed by atoms with Crippen LogP contribution < -0.4 is 10.1 Å². The molecule has 1 aromatic heterocycles. The summed E-state index contributed by atoms with van der Waals surface area (Å²) in [4.78, 5) is 19.9. The van der Waals surface area contributed by atoms with E-state index < -0.39 is 0 Å². The van der Waals surface area contributed by atoms with E-state index in [2.05, 4.69) is 15.3 Å². The van der Waals surface area contributed by atoms with E-state index in [-0.39, 0.29) is 18.3 Å². The molecule has 0 aliphatic rings. The monoisotopic (exact) mass is 291 g/mol. The van der Waals surface area contributed by atoms with Gasteiger partial charge in [0.1, 0.15) is 5.75 Å². The highest BCUT2D eigenvalue weighted by molar-refractivity contribution is 6.30. The van der Waals surface area contributed by atoms with Crippen LogP contribution in [-0.4, -0.2) is 23.0 Å². The number of nitrogens with one attached hydrogen (secondary N) is 1. The van der Waals surface area contributed by atoms with Gasteiger partial charge in [-0.15, -0.1) is 0 Å². The quantitative estimate of drug-likeness (QED) is 0.940. The number of carbonyl (C=O) groups excluding carboxylic acids is 1. The Bertz CT molecular complexity index is 617. The minimum absolute atomic E-state index is 0.142. The second kappa shape index (κ2) is 6.34. The Morgan fingerprint density at radius 1 is 1.35 bits per heavy atom. The van der Waals surface area contributed by atoms with Gasteiger partial charge in [-0.2, -0.15) is 0 Å². The van der Waals surface area contributed by atoms with Gasteiger partial charge in [0.15, 0.2) is 0 Å². The van der Waals surface area contributed by atoms with E-state index in [4.69, 9.17) is 16.3 Å². The molecule has 20 heavy (non-hydrogen) atoms. The third-order valence-corrected chi connectivity index (χ3v) is 2.91. The SMILES string of the molecule is COc1c(C)cc(Cl)cc1CC(=O)Nc1ncccn1. The van der Waals surface area contributed by atoms with E-state index in [1.807, 2.05) is 6.92 Å². The van der Waals surface area contributed by atoms with Gasteiger partial charge in [0.2, 0.25) is 11.9 Å². The molecule has 1 aromatic carbocycles. The predicted octanol–water partition coefficient (Wildman–Crippen LogP) is 2.63. The molecule has 1 amide bonds. The normalized spacial score (nSPS) is 10.2. The summed E-state index contributed by atoms with van der Waals surface area (Å²) in [5.74, 6) is 0.713. The summed E-state index contributed by atoms with van der Waals surface area (Å²) in [7, 11) is 1.57. The van der Waals surface area contributed by atoms with Gasteiger partial charge in [-0.1, -0.05) is 11.6 Å². The van der Waals surface area contributed by atoms with Crippen LogP contribution in [0.4, 0.5) is 5.95 Å². The Balaban J connectivity index is 2.15. The number of aryl methyl sites for hydroxylation is 1. The maximum atomic E-state index is 12.0. The fraction of sp³-hybridized carbons (Fsp3) is 0.214. The molecule has 6 heteroatoms. The highest BCUT2D eigenvalue weighted by atomic mass is 35.5. The zero-order chi connectivity index (χ0) is 14.5. The number of ether oxygens (including phenoxy) is 1. The lowest BCUT2D eigenvalue weighted by atomic mass is 10.1. The first kappa shape index (κ1) is 14.3. The van der Waals surface area contributed by atoms with E-state index in [9.17, 15) is 4.79 Å². The molecule has 5 nitrogen and oxygen atoms in total. The molecule has 0 saturated heterocycles. The molecule has 0 unspecified atom stereocenters. The Labute approximate surface area is 122 Å². The first-order chi connectivity index (χ1) is 9.60. The van der Waals surface area contributed by atoms with Crippen molar-refractivity contribution in [3.05, 3.63) is 46.7 Å². The van der Waals surface area contributed by atoms with Crippen molar-refractivity contribution < 1.29 is 9.53 Å². The van der Waals surface area contributed by atoms with E-state index in [1.165, 1.54) is 0 Å². The molecule has 0 radical (unpaired) electrons. The van der Waals surface area contributed by atoms with Crippen LogP contribution in [0, 0.1) is 6.92 Å². The maximum absolute atomic E-state index is 12.0. The number of benzene rings is 1. The third kappa shape index (κ3) is 3.45. The fourth-order valence-corrected chi connectivity index (χ4v) is 2.22. The van der Waals surface area contributed by atoms with E-state index in [1.54, 1.807) is 37.7 Å². The molecule has 0 atom stereocenters. The number of halogens is 1. The summed E-state index contributed by atoms with van der Waals surface area (Å²) in [6.45, 7) is 1.88. The number of anilines is 1. The lowest BCUT2D eigenvalue weighted by Gasteiger charge is -2.12. The number of hydrogen-bond acceptors (Lipinski definition) is 4. The average molecular weight is 292 g/mol. The summed E-state index contributed by atoms with van der Waals surface area (Å²) in [5, 5.41) is 3.19. The number of rotatable bonds is 4. The number of carbonyl (C=O) groups is 1. The zero-order valence-electron chi connectivity index (χ0n) is 11.2. The number of nitrogens with zero attached hydrogens (tertiary/aromatic N) is 2. The molecule has 1 heterocycles. The average Bonchev–Trinajstić information content (AvgIpc) is 2.39. The Morgan fingerprint density at radius 3 is 2.70 bits per heavy atom. The van der Waals surface area contributed by atoms with Crippen molar-refractivity contribution in [3.63, 3.8) is 0 Å². The van der Waals surface area contributed by atoms with Gasteiger partial charge in [-0.05, 0) is 30.7 Å². The van der Waals surface area contributed by atoms with E-state index >= 15 is 0 Å². The van der Waals surface area contributed by atoms with Crippen LogP contribution in [0.25, 0.3) is 0 Å². The van der Waals surface area contributed by atoms with E-state index in [0.29, 0.717) is 10.8 Å². The molecule has 0 spiro atoms. The number of methoxy groups -OCH3 is 1. The molecule has 2 aromatic rings. The van der Waals surface area contributed by atoms with Crippen molar-refractivity contribution in [2.24, 2.45) is 0 Å². The third-order valence-electron chi connectivity index (χ3n) is 2.69. The number of hydrogen-bond donors (Lipinski definition) is 1. The summed E-state index contributed by atoms with van der Waals surface area (Å²) in [6.07, 6.45) is 3.27. The van der Waals surface area contributed by atoms with Crippen LogP contribution in [-0.2, 0) is 11.2 Å². The lowest BCUT2D eigenvalue weighted by Crippen LogP contribution is -2.16. The van der Waals surface area contributed by atoms with Crippen LogP contribution in [0.5, 0.6) is 5.75 Å². The van der Waals surface area contributed by atoms with Gasteiger partial charge in [0, 0.05) is 23.0 Å². The van der Waals surface area contributed by atoms with Crippen LogP contribution in [0.3, 0.4) is 0 Å². The molecule has 0 fully saturated rings. The zero-order valence-corrected chi connectivity index (χ0v) is 11.9. The van der Waals surface area contributed by atoms with Gasteiger partial charge < -0.3 is 4.74 Å². The Hall–Kier alpha value is -2.14. The summed E-state index contributed by atoms with van der Waals surface area (Å²) in [5.41, 5.74) is 1.62. The number of amides is 1. The fourth-order valence-electron chi connectivity index (χ4n) is 1.93. The Morgan fingerprint density at radius 2 is 2.05 bits per heavy atom. The minimum atomic E-state index is -0.226. The second-order valence-corrected chi connectivity index (χ2v) is 4.65. The largest absolute Gasteiger partial charge is 0.496 e. The number of aromatic nitrogens is 2. The highest BCUT2D eigenvalue weighted by Gasteiger charge is 2.13. The van der Waals surface area contributed by atoms with Gasteiger partial charge in [-0.25, -0.2) is 9.97 Å². The van der Waals surface area contributed by atoms with Gasteiger partial charge >= 0.3 is 0 Å². The van der Waals surface area contributed by atoms with E-state index in [0.717, 1.165) is 11.1 Å². The van der Waals surface area contributed by atoms with Gasteiger partial charge in [-0.3, -0.25) is 10.1 Å². The molecular weight excluding hydrogens is 278 g/mol. The molecule has 0 aliphatic carbocycles. The minimum Gasteiger partial charge on any atom is -0.496 e. The standard InChI is InChI=1S/C14H14ClN3O2/c1-9-6-11(15)7-10(13(9)20-2)8-12(19)18-14-16-4-3-5-17-14/h3-7H,8H2,1-2H3,(H,16,17,18,19). The topological polar surface area (TPSA) is 64.1 Å². The first-order valence-corrected chi connectivity index (χ1v) is 6.38. The van der Waals surface area contributed by atoms with Crippen LogP contribution in [0.1, 0.15) is 11.1 Å². The molecule has 0 saturated carbocycles. The van der Waals surface area contributed by atoms with Crippen molar-refractivity contribution in [3.8, 4) is 5.75 Å². The Kier molecular flexibility index (Phi) is 4.53. The summed E-state index contributed by atoms with van der Waals surface area (Å²) < 4.78 is 5.31.